The van der Waals surface area contributed by atoms with Crippen LogP contribution in [0.5, 0.6) is 5.88 Å². The van der Waals surface area contributed by atoms with E-state index in [2.05, 4.69) is 40.5 Å². The number of aryl methyl sites for hydroxylation is 3. The van der Waals surface area contributed by atoms with Gasteiger partial charge in [-0.2, -0.15) is 36.3 Å². The molecule has 0 aliphatic rings. The molecule has 3 aromatic carbocycles. The quantitative estimate of drug-likeness (QED) is 0.0940. The molecule has 0 aliphatic carbocycles. The standard InChI is InChI=1S/C45H36Cl2F6N12O3S/c1-3-35-59-32-12-9-29(17-33(32)69-35)57-42-61-41(67)37-39(56-23-63(37)21-44(48,49)50)65(42)20-26-6-11-31(47)27(16-26)14-15-62-22-55-38-36(62)40(66)60-43(64(38)19-25-4-7-28(46)8-5-25)58-30-10-13-34(54-18-30)68-24(2)45(51,52)53/h4-13,16-18,22-24H,3,14-15,19-21H2,1-2H3,(H,57,61,67)(H,58,60,66)/t24-/m1/s1. The van der Waals surface area contributed by atoms with E-state index in [4.69, 9.17) is 27.9 Å². The van der Waals surface area contributed by atoms with Gasteiger partial charge in [0.05, 0.1) is 52.9 Å². The van der Waals surface area contributed by atoms with Gasteiger partial charge in [-0.1, -0.05) is 54.4 Å². The van der Waals surface area contributed by atoms with Crippen molar-refractivity contribution in [1.82, 2.24) is 48.2 Å². The predicted octanol–water partition coefficient (Wildman–Crippen LogP) is 10.1. The number of rotatable bonds is 15. The SMILES string of the molecule is CCc1nc2ccc(Nc3nc(=O)c4c(ncn4CC(F)(F)F)n3Cc3ccc(Cl)c(CCn4cnc5c4c(=O)nc(Nc4ccc(O[C@H](C)C(F)(F)F)nc4)n5Cc4ccc(Cl)cc4)c3)cc2s1. The van der Waals surface area contributed by atoms with Crippen LogP contribution in [-0.4, -0.2) is 66.6 Å². The van der Waals surface area contributed by atoms with Gasteiger partial charge < -0.3 is 24.5 Å². The Morgan fingerprint density at radius 1 is 0.739 bits per heavy atom. The van der Waals surface area contributed by atoms with Gasteiger partial charge in [0, 0.05) is 28.3 Å². The summed E-state index contributed by atoms with van der Waals surface area (Å²) in [6.07, 6.45) is -6.59. The third kappa shape index (κ3) is 10.4. The minimum atomic E-state index is -4.64. The number of fused-ring (bicyclic) bond motifs is 3. The highest BCUT2D eigenvalue weighted by molar-refractivity contribution is 7.18. The van der Waals surface area contributed by atoms with Gasteiger partial charge in [0.2, 0.25) is 17.8 Å². The van der Waals surface area contributed by atoms with Gasteiger partial charge >= 0.3 is 23.5 Å². The summed E-state index contributed by atoms with van der Waals surface area (Å²) in [4.78, 5) is 53.3. The van der Waals surface area contributed by atoms with Crippen LogP contribution in [0.15, 0.2) is 101 Å². The second kappa shape index (κ2) is 18.8. The molecule has 6 aromatic heterocycles. The Balaban J connectivity index is 1.02. The Bertz CT molecular complexity index is 3480. The summed E-state index contributed by atoms with van der Waals surface area (Å²) in [6.45, 7) is 1.80. The molecule has 9 rings (SSSR count). The zero-order valence-corrected chi connectivity index (χ0v) is 38.4. The van der Waals surface area contributed by atoms with Crippen LogP contribution in [-0.2, 0) is 39.0 Å². The average molecular weight is 1010 g/mol. The maximum Gasteiger partial charge on any atom is 0.425 e. The van der Waals surface area contributed by atoms with E-state index in [0.717, 1.165) is 45.0 Å². The zero-order chi connectivity index (χ0) is 48.8. The Morgan fingerprint density at radius 2 is 1.36 bits per heavy atom. The number of benzene rings is 3. The van der Waals surface area contributed by atoms with Crippen molar-refractivity contribution in [2.24, 2.45) is 0 Å². The fourth-order valence-electron chi connectivity index (χ4n) is 7.51. The fraction of sp³-hybridized carbons (Fsp3) is 0.244. The number of ether oxygens (including phenoxy) is 1. The Morgan fingerprint density at radius 3 is 2.00 bits per heavy atom. The first kappa shape index (κ1) is 47.0. The Kier molecular flexibility index (Phi) is 12.8. The number of nitrogens with one attached hydrogen (secondary N) is 2. The first-order valence-electron chi connectivity index (χ1n) is 21.0. The third-order valence-corrected chi connectivity index (χ3v) is 12.7. The summed E-state index contributed by atoms with van der Waals surface area (Å²) < 4.78 is 91.5. The molecule has 15 nitrogen and oxygen atoms in total. The van der Waals surface area contributed by atoms with Crippen molar-refractivity contribution in [1.29, 1.82) is 0 Å². The smallest absolute Gasteiger partial charge is 0.425 e. The van der Waals surface area contributed by atoms with Crippen LogP contribution in [0.4, 0.5) is 49.6 Å². The molecule has 0 spiro atoms. The number of hydrogen-bond donors (Lipinski definition) is 2. The molecule has 0 saturated heterocycles. The molecule has 0 fully saturated rings. The van der Waals surface area contributed by atoms with Crippen LogP contribution >= 0.6 is 34.5 Å². The summed E-state index contributed by atoms with van der Waals surface area (Å²) >= 11 is 14.4. The third-order valence-electron chi connectivity index (χ3n) is 10.9. The number of halogens is 8. The summed E-state index contributed by atoms with van der Waals surface area (Å²) in [5.74, 6) is -0.146. The normalized spacial score (nSPS) is 12.6. The lowest BCUT2D eigenvalue weighted by Crippen LogP contribution is -2.31. The van der Waals surface area contributed by atoms with E-state index in [-0.39, 0.29) is 66.2 Å². The Labute approximate surface area is 400 Å². The first-order valence-corrected chi connectivity index (χ1v) is 22.6. The molecule has 0 unspecified atom stereocenters. The lowest BCUT2D eigenvalue weighted by molar-refractivity contribution is -0.189. The predicted molar refractivity (Wildman–Crippen MR) is 250 cm³/mol. The van der Waals surface area contributed by atoms with E-state index in [1.54, 1.807) is 51.6 Å². The van der Waals surface area contributed by atoms with Crippen molar-refractivity contribution in [2.45, 2.75) is 71.3 Å². The molecular formula is C45H36Cl2F6N12O3S. The van der Waals surface area contributed by atoms with Gasteiger partial charge in [0.1, 0.15) is 6.54 Å². The van der Waals surface area contributed by atoms with Gasteiger partial charge in [-0.05, 0) is 78.9 Å². The fourth-order valence-corrected chi connectivity index (χ4v) is 8.80. The number of aromatic nitrogens is 10. The van der Waals surface area contributed by atoms with Crippen LogP contribution in [0.2, 0.25) is 10.0 Å². The van der Waals surface area contributed by atoms with Gasteiger partial charge in [-0.3, -0.25) is 18.7 Å². The van der Waals surface area contributed by atoms with Crippen molar-refractivity contribution in [2.75, 3.05) is 10.6 Å². The molecule has 2 N–H and O–H groups in total. The van der Waals surface area contributed by atoms with Crippen LogP contribution in [0, 0.1) is 0 Å². The highest BCUT2D eigenvalue weighted by Gasteiger charge is 2.38. The zero-order valence-electron chi connectivity index (χ0n) is 36.1. The number of imidazole rings is 2. The second-order valence-electron chi connectivity index (χ2n) is 15.8. The number of hydrogen-bond acceptors (Lipinski definition) is 12. The molecule has 0 saturated carbocycles. The van der Waals surface area contributed by atoms with Crippen molar-refractivity contribution in [3.05, 3.63) is 144 Å². The molecule has 356 valence electrons. The highest BCUT2D eigenvalue weighted by atomic mass is 35.5. The summed E-state index contributed by atoms with van der Waals surface area (Å²) in [7, 11) is 0. The maximum atomic E-state index is 13.9. The highest BCUT2D eigenvalue weighted by Crippen LogP contribution is 2.30. The molecular weight excluding hydrogens is 974 g/mol. The lowest BCUT2D eigenvalue weighted by Gasteiger charge is -2.17. The van der Waals surface area contributed by atoms with E-state index < -0.39 is 36.1 Å². The summed E-state index contributed by atoms with van der Waals surface area (Å²) in [5.41, 5.74) is 2.28. The monoisotopic (exact) mass is 1010 g/mol. The summed E-state index contributed by atoms with van der Waals surface area (Å²) in [5, 5.41) is 8.06. The minimum Gasteiger partial charge on any atom is -0.465 e. The van der Waals surface area contributed by atoms with E-state index in [1.165, 1.54) is 40.6 Å². The van der Waals surface area contributed by atoms with E-state index in [1.807, 2.05) is 25.1 Å². The first-order chi connectivity index (χ1) is 32.9. The van der Waals surface area contributed by atoms with Crippen molar-refractivity contribution in [3.63, 3.8) is 0 Å². The van der Waals surface area contributed by atoms with Gasteiger partial charge in [-0.25, -0.2) is 19.9 Å². The van der Waals surface area contributed by atoms with Crippen LogP contribution < -0.4 is 26.5 Å². The molecule has 0 bridgehead atoms. The van der Waals surface area contributed by atoms with E-state index >= 15 is 0 Å². The number of nitrogens with zero attached hydrogens (tertiary/aromatic N) is 10. The van der Waals surface area contributed by atoms with Gasteiger partial charge in [0.15, 0.2) is 28.4 Å². The summed E-state index contributed by atoms with van der Waals surface area (Å²) in [6, 6.07) is 20.4. The van der Waals surface area contributed by atoms with Gasteiger partial charge in [0.25, 0.3) is 0 Å². The topological polar surface area (TPSA) is 164 Å². The van der Waals surface area contributed by atoms with Crippen LogP contribution in [0.25, 0.3) is 32.5 Å². The van der Waals surface area contributed by atoms with Crippen molar-refractivity contribution in [3.8, 4) is 5.88 Å². The maximum absolute atomic E-state index is 13.9. The minimum absolute atomic E-state index is 0.00313. The number of thiazole rings is 1. The molecule has 9 aromatic rings. The molecule has 0 aliphatic heterocycles. The average Bonchev–Trinajstić information content (AvgIpc) is 4.04. The molecule has 69 heavy (non-hydrogen) atoms. The molecule has 24 heteroatoms. The number of pyridine rings is 1. The molecule has 0 radical (unpaired) electrons. The number of anilines is 4. The second-order valence-corrected chi connectivity index (χ2v) is 17.8. The lowest BCUT2D eigenvalue weighted by atomic mass is 10.1. The van der Waals surface area contributed by atoms with Crippen LogP contribution in [0.1, 0.15) is 35.5 Å². The van der Waals surface area contributed by atoms with Crippen molar-refractivity contribution < 1.29 is 31.1 Å². The van der Waals surface area contributed by atoms with Crippen LogP contribution in [0.3, 0.4) is 0 Å². The van der Waals surface area contributed by atoms with Crippen molar-refractivity contribution >= 4 is 90.4 Å². The molecule has 0 amide bonds. The Hall–Kier alpha value is -7.04. The van der Waals surface area contributed by atoms with E-state index in [0.29, 0.717) is 32.5 Å². The largest absolute Gasteiger partial charge is 0.465 e. The molecule has 1 atom stereocenters. The van der Waals surface area contributed by atoms with Gasteiger partial charge in [-0.15, -0.1) is 11.3 Å². The number of alkyl halides is 6. The van der Waals surface area contributed by atoms with E-state index in [9.17, 15) is 35.9 Å². The molecule has 6 heterocycles.